The zero-order valence-corrected chi connectivity index (χ0v) is 15.7. The fraction of sp³-hybridized carbons (Fsp3) is 0.286. The predicted octanol–water partition coefficient (Wildman–Crippen LogP) is 3.83. The van der Waals surface area contributed by atoms with Crippen LogP contribution >= 0.6 is 11.3 Å². The summed E-state index contributed by atoms with van der Waals surface area (Å²) in [6.07, 6.45) is 2.12. The molecule has 0 aliphatic carbocycles. The van der Waals surface area contributed by atoms with Crippen LogP contribution in [0.25, 0.3) is 0 Å². The van der Waals surface area contributed by atoms with Gasteiger partial charge in [-0.15, -0.1) is 11.3 Å². The van der Waals surface area contributed by atoms with E-state index in [2.05, 4.69) is 63.6 Å². The molecular formula is C21H23N3OS. The molecule has 2 atom stereocenters. The fourth-order valence-corrected chi connectivity index (χ4v) is 4.46. The molecule has 4 rings (SSSR count). The van der Waals surface area contributed by atoms with Crippen LogP contribution < -0.4 is 5.32 Å². The molecule has 2 aromatic heterocycles. The Balaban J connectivity index is 1.48. The van der Waals surface area contributed by atoms with E-state index < -0.39 is 0 Å². The molecule has 1 amide bonds. The van der Waals surface area contributed by atoms with Crippen molar-refractivity contribution in [1.82, 2.24) is 14.8 Å². The van der Waals surface area contributed by atoms with Crippen LogP contribution in [0.1, 0.15) is 35.1 Å². The largest absolute Gasteiger partial charge is 0.349 e. The van der Waals surface area contributed by atoms with Crippen molar-refractivity contribution in [1.29, 1.82) is 0 Å². The second-order valence-electron chi connectivity index (χ2n) is 6.70. The zero-order valence-electron chi connectivity index (χ0n) is 14.8. The lowest BCUT2D eigenvalue weighted by Gasteiger charge is -2.34. The van der Waals surface area contributed by atoms with Gasteiger partial charge >= 0.3 is 0 Å². The van der Waals surface area contributed by atoms with Crippen molar-refractivity contribution in [2.75, 3.05) is 13.1 Å². The van der Waals surface area contributed by atoms with Gasteiger partial charge in [-0.1, -0.05) is 36.4 Å². The van der Waals surface area contributed by atoms with Crippen molar-refractivity contribution in [2.24, 2.45) is 0 Å². The molecule has 1 aliphatic rings. The van der Waals surface area contributed by atoms with Crippen LogP contribution in [0.5, 0.6) is 0 Å². The number of hydrogen-bond acceptors (Lipinski definition) is 3. The topological polar surface area (TPSA) is 37.3 Å². The Bertz CT molecular complexity index is 857. The molecule has 1 N–H and O–H groups in total. The molecule has 5 heteroatoms. The summed E-state index contributed by atoms with van der Waals surface area (Å²) in [5, 5.41) is 5.30. The van der Waals surface area contributed by atoms with Crippen molar-refractivity contribution in [3.8, 4) is 0 Å². The van der Waals surface area contributed by atoms with E-state index in [1.54, 1.807) is 11.3 Å². The number of nitrogens with one attached hydrogen (secondary N) is 1. The van der Waals surface area contributed by atoms with Crippen LogP contribution in [0.2, 0.25) is 0 Å². The van der Waals surface area contributed by atoms with E-state index in [1.807, 2.05) is 24.3 Å². The summed E-state index contributed by atoms with van der Waals surface area (Å²) >= 11 is 1.67. The molecule has 0 bridgehead atoms. The number of carbonyl (C=O) groups is 1. The number of carbonyl (C=O) groups excluding carboxylic acids is 1. The number of amides is 1. The molecule has 0 saturated carbocycles. The monoisotopic (exact) mass is 365 g/mol. The quantitative estimate of drug-likeness (QED) is 0.746. The smallest absolute Gasteiger partial charge is 0.234 e. The Labute approximate surface area is 158 Å². The van der Waals surface area contributed by atoms with Crippen LogP contribution in [-0.4, -0.2) is 28.5 Å². The Hall–Kier alpha value is -2.37. The molecule has 0 saturated heterocycles. The fourth-order valence-electron chi connectivity index (χ4n) is 3.65. The van der Waals surface area contributed by atoms with Crippen molar-refractivity contribution in [3.63, 3.8) is 0 Å². The summed E-state index contributed by atoms with van der Waals surface area (Å²) in [5.41, 5.74) is 2.39. The highest BCUT2D eigenvalue weighted by atomic mass is 32.1. The third-order valence-corrected chi connectivity index (χ3v) is 6.02. The van der Waals surface area contributed by atoms with E-state index in [9.17, 15) is 4.79 Å². The summed E-state index contributed by atoms with van der Waals surface area (Å²) in [4.78, 5) is 16.2. The molecule has 1 aromatic carbocycles. The Morgan fingerprint density at radius 2 is 2.00 bits per heavy atom. The second kappa shape index (κ2) is 7.48. The summed E-state index contributed by atoms with van der Waals surface area (Å²) < 4.78 is 2.28. The number of hydrogen-bond donors (Lipinski definition) is 1. The normalized spacial score (nSPS) is 18.3. The van der Waals surface area contributed by atoms with Gasteiger partial charge < -0.3 is 9.88 Å². The second-order valence-corrected chi connectivity index (χ2v) is 7.68. The summed E-state index contributed by atoms with van der Waals surface area (Å²) in [7, 11) is 0. The van der Waals surface area contributed by atoms with Gasteiger partial charge in [-0.2, -0.15) is 0 Å². The van der Waals surface area contributed by atoms with E-state index in [-0.39, 0.29) is 18.0 Å². The minimum absolute atomic E-state index is 0.0686. The molecule has 0 spiro atoms. The molecule has 0 fully saturated rings. The minimum atomic E-state index is -0.0901. The van der Waals surface area contributed by atoms with Crippen LogP contribution in [0.4, 0.5) is 0 Å². The zero-order chi connectivity index (χ0) is 17.9. The van der Waals surface area contributed by atoms with E-state index in [4.69, 9.17) is 0 Å². The average molecular weight is 366 g/mol. The molecule has 3 heterocycles. The first-order valence-electron chi connectivity index (χ1n) is 8.99. The van der Waals surface area contributed by atoms with Gasteiger partial charge in [0.05, 0.1) is 12.6 Å². The highest BCUT2D eigenvalue weighted by Crippen LogP contribution is 2.27. The average Bonchev–Trinajstić information content (AvgIpc) is 3.35. The molecule has 3 aromatic rings. The molecule has 0 unspecified atom stereocenters. The molecule has 26 heavy (non-hydrogen) atoms. The van der Waals surface area contributed by atoms with Crippen molar-refractivity contribution in [2.45, 2.75) is 25.6 Å². The molecular weight excluding hydrogens is 342 g/mol. The third-order valence-electron chi connectivity index (χ3n) is 5.08. The Morgan fingerprint density at radius 1 is 1.15 bits per heavy atom. The highest BCUT2D eigenvalue weighted by Gasteiger charge is 2.26. The summed E-state index contributed by atoms with van der Waals surface area (Å²) in [6.45, 7) is 4.42. The molecule has 1 aliphatic heterocycles. The number of nitrogens with zero attached hydrogens (tertiary/aromatic N) is 2. The van der Waals surface area contributed by atoms with Crippen LogP contribution in [0, 0.1) is 0 Å². The predicted molar refractivity (Wildman–Crippen MR) is 105 cm³/mol. The minimum Gasteiger partial charge on any atom is -0.349 e. The number of thiophene rings is 1. The van der Waals surface area contributed by atoms with Crippen LogP contribution in [0.3, 0.4) is 0 Å². The summed E-state index contributed by atoms with van der Waals surface area (Å²) in [6, 6.07) is 18.7. The van der Waals surface area contributed by atoms with Crippen LogP contribution in [0.15, 0.2) is 66.2 Å². The lowest BCUT2D eigenvalue weighted by Crippen LogP contribution is -2.44. The van der Waals surface area contributed by atoms with Gasteiger partial charge in [-0.05, 0) is 36.1 Å². The molecule has 0 radical (unpaired) electrons. The standard InChI is InChI=1S/C21H23N3OS/c1-16-18-9-5-11-23(18)12-13-24(16)15-20(25)22-21(19-10-6-14-26-19)17-7-3-2-4-8-17/h2-11,14,16,21H,12-13,15H2,1H3,(H,22,25)/t16-,21-/m0/s1. The van der Waals surface area contributed by atoms with E-state index in [0.717, 1.165) is 23.5 Å². The number of aromatic nitrogens is 1. The van der Waals surface area contributed by atoms with Crippen molar-refractivity contribution < 1.29 is 4.79 Å². The van der Waals surface area contributed by atoms with Gasteiger partial charge in [0.15, 0.2) is 0 Å². The molecule has 4 nitrogen and oxygen atoms in total. The number of rotatable bonds is 5. The SMILES string of the molecule is C[C@H]1c2cccn2CCN1CC(=O)N[C@@H](c1ccccc1)c1cccs1. The maximum atomic E-state index is 12.8. The van der Waals surface area contributed by atoms with Gasteiger partial charge in [0.2, 0.25) is 5.91 Å². The van der Waals surface area contributed by atoms with Gasteiger partial charge in [0, 0.05) is 35.9 Å². The van der Waals surface area contributed by atoms with Gasteiger partial charge in [0.1, 0.15) is 0 Å². The number of benzene rings is 1. The lowest BCUT2D eigenvalue weighted by molar-refractivity contribution is -0.123. The van der Waals surface area contributed by atoms with Crippen molar-refractivity contribution >= 4 is 17.2 Å². The van der Waals surface area contributed by atoms with Gasteiger partial charge in [-0.3, -0.25) is 9.69 Å². The first kappa shape index (κ1) is 17.1. The third kappa shape index (κ3) is 3.45. The Kier molecular flexibility index (Phi) is 4.91. The van der Waals surface area contributed by atoms with Gasteiger partial charge in [-0.25, -0.2) is 0 Å². The highest BCUT2D eigenvalue weighted by molar-refractivity contribution is 7.10. The summed E-state index contributed by atoms with van der Waals surface area (Å²) in [5.74, 6) is 0.0686. The molecule has 134 valence electrons. The van der Waals surface area contributed by atoms with E-state index in [1.165, 1.54) is 5.69 Å². The maximum Gasteiger partial charge on any atom is 0.234 e. The first-order valence-corrected chi connectivity index (χ1v) is 9.87. The maximum absolute atomic E-state index is 12.8. The number of fused-ring (bicyclic) bond motifs is 1. The Morgan fingerprint density at radius 3 is 2.77 bits per heavy atom. The van der Waals surface area contributed by atoms with E-state index >= 15 is 0 Å². The lowest BCUT2D eigenvalue weighted by atomic mass is 10.1. The van der Waals surface area contributed by atoms with E-state index in [0.29, 0.717) is 6.54 Å². The first-order chi connectivity index (χ1) is 12.7. The van der Waals surface area contributed by atoms with Crippen molar-refractivity contribution in [3.05, 3.63) is 82.3 Å². The van der Waals surface area contributed by atoms with Crippen LogP contribution in [-0.2, 0) is 11.3 Å². The van der Waals surface area contributed by atoms with Gasteiger partial charge in [0.25, 0.3) is 0 Å².